The van der Waals surface area contributed by atoms with Crippen molar-refractivity contribution in [3.8, 4) is 0 Å². The fraction of sp³-hybridized carbons (Fsp3) is 0.889. The largest absolute Gasteiger partial charge is 0.444 e. The number of likely N-dealkylation sites (tertiary alicyclic amines) is 1. The third-order valence-corrected chi connectivity index (χ3v) is 5.34. The predicted octanol–water partition coefficient (Wildman–Crippen LogP) is 2.08. The van der Waals surface area contributed by atoms with Crippen LogP contribution in [0.1, 0.15) is 59.3 Å². The number of amides is 3. The molecule has 3 heterocycles. The molecule has 3 aliphatic heterocycles. The molecule has 7 nitrogen and oxygen atoms in total. The van der Waals surface area contributed by atoms with E-state index in [-0.39, 0.29) is 36.4 Å². The first-order valence-electron chi connectivity index (χ1n) is 9.48. The molecule has 0 aromatic heterocycles. The summed E-state index contributed by atoms with van der Waals surface area (Å²) in [6.45, 7) is 6.73. The summed E-state index contributed by atoms with van der Waals surface area (Å²) in [6.07, 6.45) is 4.45. The van der Waals surface area contributed by atoms with E-state index in [1.165, 1.54) is 0 Å². The standard InChI is InChI=1S/C18H31N3O4/c1-18(2,3)25-17(24)20-8-4-5-12(11-20)19-16(23)21-13-6-7-14(21)10-15(22)9-13/h12-15,22H,4-11H2,1-3H3,(H,19,23). The van der Waals surface area contributed by atoms with Crippen LogP contribution in [0.5, 0.6) is 0 Å². The molecule has 0 aliphatic carbocycles. The van der Waals surface area contributed by atoms with Crippen molar-refractivity contribution in [1.29, 1.82) is 0 Å². The number of nitrogens with one attached hydrogen (secondary N) is 1. The molecule has 0 aromatic carbocycles. The third kappa shape index (κ3) is 4.37. The maximum Gasteiger partial charge on any atom is 0.410 e. The summed E-state index contributed by atoms with van der Waals surface area (Å²) >= 11 is 0. The van der Waals surface area contributed by atoms with E-state index in [4.69, 9.17) is 4.74 Å². The van der Waals surface area contributed by atoms with Crippen molar-refractivity contribution >= 4 is 12.1 Å². The molecule has 25 heavy (non-hydrogen) atoms. The van der Waals surface area contributed by atoms with Crippen molar-refractivity contribution in [2.24, 2.45) is 0 Å². The van der Waals surface area contributed by atoms with Gasteiger partial charge in [0.15, 0.2) is 0 Å². The quantitative estimate of drug-likeness (QED) is 0.756. The molecule has 0 radical (unpaired) electrons. The van der Waals surface area contributed by atoms with E-state index in [2.05, 4.69) is 5.32 Å². The van der Waals surface area contributed by atoms with Crippen molar-refractivity contribution in [2.75, 3.05) is 13.1 Å². The summed E-state index contributed by atoms with van der Waals surface area (Å²) in [6, 6.07) is 0.217. The lowest BCUT2D eigenvalue weighted by Crippen LogP contribution is -2.57. The van der Waals surface area contributed by atoms with Crippen LogP contribution in [0.25, 0.3) is 0 Å². The van der Waals surface area contributed by atoms with Gasteiger partial charge in [-0.3, -0.25) is 0 Å². The molecule has 3 atom stereocenters. The molecule has 2 N–H and O–H groups in total. The highest BCUT2D eigenvalue weighted by Crippen LogP contribution is 2.35. The van der Waals surface area contributed by atoms with Gasteiger partial charge in [0.2, 0.25) is 0 Å². The van der Waals surface area contributed by atoms with Crippen LogP contribution in [0, 0.1) is 0 Å². The van der Waals surface area contributed by atoms with E-state index in [1.54, 1.807) is 4.90 Å². The maximum absolute atomic E-state index is 12.7. The van der Waals surface area contributed by atoms with Crippen molar-refractivity contribution in [1.82, 2.24) is 15.1 Å². The van der Waals surface area contributed by atoms with Gasteiger partial charge >= 0.3 is 12.1 Å². The minimum atomic E-state index is -0.513. The molecule has 3 fully saturated rings. The number of aliphatic hydroxyl groups is 1. The second-order valence-electron chi connectivity index (χ2n) is 8.63. The van der Waals surface area contributed by atoms with Gasteiger partial charge in [0.05, 0.1) is 6.10 Å². The molecule has 3 amide bonds. The van der Waals surface area contributed by atoms with Gasteiger partial charge in [0.1, 0.15) is 5.60 Å². The number of carbonyl (C=O) groups is 2. The van der Waals surface area contributed by atoms with E-state index < -0.39 is 5.60 Å². The normalized spacial score (nSPS) is 32.5. The molecule has 142 valence electrons. The van der Waals surface area contributed by atoms with Crippen LogP contribution < -0.4 is 5.32 Å². The molecule has 2 bridgehead atoms. The van der Waals surface area contributed by atoms with E-state index in [0.717, 1.165) is 25.7 Å². The number of nitrogens with zero attached hydrogens (tertiary/aromatic N) is 2. The molecule has 7 heteroatoms. The third-order valence-electron chi connectivity index (χ3n) is 5.34. The van der Waals surface area contributed by atoms with Gasteiger partial charge in [-0.15, -0.1) is 0 Å². The van der Waals surface area contributed by atoms with E-state index in [9.17, 15) is 14.7 Å². The van der Waals surface area contributed by atoms with Crippen LogP contribution in [-0.2, 0) is 4.74 Å². The summed E-state index contributed by atoms with van der Waals surface area (Å²) in [5, 5.41) is 13.0. The number of piperidine rings is 2. The zero-order chi connectivity index (χ0) is 18.2. The van der Waals surface area contributed by atoms with Crippen LogP contribution in [0.2, 0.25) is 0 Å². The first-order chi connectivity index (χ1) is 11.7. The molecule has 3 unspecified atom stereocenters. The lowest BCUT2D eigenvalue weighted by molar-refractivity contribution is 0.0179. The molecule has 0 spiro atoms. The number of fused-ring (bicyclic) bond motifs is 2. The number of carbonyl (C=O) groups excluding carboxylic acids is 2. The first kappa shape index (κ1) is 18.3. The van der Waals surface area contributed by atoms with Gasteiger partial charge in [0, 0.05) is 31.2 Å². The summed E-state index contributed by atoms with van der Waals surface area (Å²) in [4.78, 5) is 28.6. The van der Waals surface area contributed by atoms with Crippen LogP contribution >= 0.6 is 0 Å². The van der Waals surface area contributed by atoms with Gasteiger partial charge < -0.3 is 25.0 Å². The average molecular weight is 353 g/mol. The molecule has 0 saturated carbocycles. The van der Waals surface area contributed by atoms with Gasteiger partial charge in [-0.1, -0.05) is 0 Å². The molecule has 3 saturated heterocycles. The highest BCUT2D eigenvalue weighted by atomic mass is 16.6. The van der Waals surface area contributed by atoms with Crippen LogP contribution in [0.4, 0.5) is 9.59 Å². The second-order valence-corrected chi connectivity index (χ2v) is 8.63. The van der Waals surface area contributed by atoms with Gasteiger partial charge in [-0.05, 0) is 59.3 Å². The first-order valence-corrected chi connectivity index (χ1v) is 9.48. The van der Waals surface area contributed by atoms with Gasteiger partial charge in [0.25, 0.3) is 0 Å². The summed E-state index contributed by atoms with van der Waals surface area (Å²) < 4.78 is 5.44. The smallest absolute Gasteiger partial charge is 0.410 e. The highest BCUT2D eigenvalue weighted by molar-refractivity contribution is 5.76. The van der Waals surface area contributed by atoms with Crippen molar-refractivity contribution in [2.45, 2.75) is 89.1 Å². The number of ether oxygens (including phenoxy) is 1. The number of hydrogen-bond acceptors (Lipinski definition) is 4. The van der Waals surface area contributed by atoms with E-state index >= 15 is 0 Å². The fourth-order valence-corrected chi connectivity index (χ4v) is 4.32. The summed E-state index contributed by atoms with van der Waals surface area (Å²) in [5.41, 5.74) is -0.513. The molecular weight excluding hydrogens is 322 g/mol. The lowest BCUT2D eigenvalue weighted by Gasteiger charge is -2.39. The molecule has 3 rings (SSSR count). The zero-order valence-corrected chi connectivity index (χ0v) is 15.5. The molecule has 3 aliphatic rings. The molecule has 0 aromatic rings. The van der Waals surface area contributed by atoms with Crippen LogP contribution in [0.15, 0.2) is 0 Å². The van der Waals surface area contributed by atoms with E-state index in [1.807, 2.05) is 25.7 Å². The Morgan fingerprint density at radius 1 is 1.12 bits per heavy atom. The Balaban J connectivity index is 1.54. The number of rotatable bonds is 1. The zero-order valence-electron chi connectivity index (χ0n) is 15.5. The Kier molecular flexibility index (Phi) is 5.14. The van der Waals surface area contributed by atoms with Crippen molar-refractivity contribution in [3.05, 3.63) is 0 Å². The number of urea groups is 1. The average Bonchev–Trinajstić information content (AvgIpc) is 2.78. The van der Waals surface area contributed by atoms with E-state index in [0.29, 0.717) is 25.9 Å². The van der Waals surface area contributed by atoms with Gasteiger partial charge in [-0.2, -0.15) is 0 Å². The number of hydrogen-bond donors (Lipinski definition) is 2. The Labute approximate surface area is 149 Å². The second kappa shape index (κ2) is 7.02. The van der Waals surface area contributed by atoms with Gasteiger partial charge in [-0.25, -0.2) is 9.59 Å². The van der Waals surface area contributed by atoms with Crippen molar-refractivity contribution in [3.63, 3.8) is 0 Å². The monoisotopic (exact) mass is 353 g/mol. The highest BCUT2D eigenvalue weighted by Gasteiger charge is 2.43. The summed E-state index contributed by atoms with van der Waals surface area (Å²) in [5.74, 6) is 0. The maximum atomic E-state index is 12.7. The minimum absolute atomic E-state index is 0.0416. The SMILES string of the molecule is CC(C)(C)OC(=O)N1CCCC(NC(=O)N2C3CCC2CC(O)C3)C1. The number of aliphatic hydroxyl groups excluding tert-OH is 1. The van der Waals surface area contributed by atoms with Crippen molar-refractivity contribution < 1.29 is 19.4 Å². The Morgan fingerprint density at radius 2 is 1.76 bits per heavy atom. The van der Waals surface area contributed by atoms with Crippen LogP contribution in [0.3, 0.4) is 0 Å². The Hall–Kier alpha value is -1.50. The Morgan fingerprint density at radius 3 is 2.36 bits per heavy atom. The predicted molar refractivity (Wildman–Crippen MR) is 93.3 cm³/mol. The summed E-state index contributed by atoms with van der Waals surface area (Å²) in [7, 11) is 0. The fourth-order valence-electron chi connectivity index (χ4n) is 4.32. The molecular formula is C18H31N3O4. The topological polar surface area (TPSA) is 82.1 Å². The Bertz CT molecular complexity index is 505. The van der Waals surface area contributed by atoms with Crippen LogP contribution in [-0.4, -0.2) is 70.0 Å². The minimum Gasteiger partial charge on any atom is -0.444 e. The lowest BCUT2D eigenvalue weighted by atomic mass is 10.0.